The number of likely N-dealkylation sites (N-methyl/N-ethyl adjacent to an activating group) is 1. The number of H-pyrrole nitrogens is 1. The molecule has 1 aromatic heterocycles. The molecule has 0 aromatic carbocycles. The molecule has 1 aromatic rings. The Kier molecular flexibility index (Phi) is 5.12. The van der Waals surface area contributed by atoms with E-state index in [0.29, 0.717) is 18.7 Å². The van der Waals surface area contributed by atoms with Crippen molar-refractivity contribution in [2.75, 3.05) is 13.1 Å². The lowest BCUT2D eigenvalue weighted by Gasteiger charge is -2.23. The van der Waals surface area contributed by atoms with E-state index < -0.39 is 11.9 Å². The summed E-state index contributed by atoms with van der Waals surface area (Å²) in [6.07, 6.45) is 1.45. The highest BCUT2D eigenvalue weighted by Gasteiger charge is 2.21. The first-order chi connectivity index (χ1) is 9.03. The van der Waals surface area contributed by atoms with E-state index in [1.807, 2.05) is 19.9 Å². The molecule has 0 bridgehead atoms. The van der Waals surface area contributed by atoms with Gasteiger partial charge in [0.2, 0.25) is 5.91 Å². The Morgan fingerprint density at radius 2 is 2.11 bits per heavy atom. The van der Waals surface area contributed by atoms with Gasteiger partial charge >= 0.3 is 0 Å². The van der Waals surface area contributed by atoms with Crippen molar-refractivity contribution in [2.45, 2.75) is 26.8 Å². The summed E-state index contributed by atoms with van der Waals surface area (Å²) in [7, 11) is 0. The van der Waals surface area contributed by atoms with Crippen molar-refractivity contribution in [1.29, 1.82) is 5.26 Å². The summed E-state index contributed by atoms with van der Waals surface area (Å²) in [4.78, 5) is 28.2. The van der Waals surface area contributed by atoms with Crippen LogP contribution >= 0.6 is 0 Å². The van der Waals surface area contributed by atoms with Gasteiger partial charge in [-0.3, -0.25) is 9.59 Å². The Morgan fingerprint density at radius 3 is 2.58 bits per heavy atom. The van der Waals surface area contributed by atoms with Gasteiger partial charge < -0.3 is 15.2 Å². The smallest absolute Gasteiger partial charge is 0.268 e. The van der Waals surface area contributed by atoms with Gasteiger partial charge in [0, 0.05) is 19.3 Å². The van der Waals surface area contributed by atoms with E-state index in [4.69, 9.17) is 5.26 Å². The fraction of sp³-hybridized carbons (Fsp3) is 0.462. The molecule has 0 spiro atoms. The van der Waals surface area contributed by atoms with E-state index in [1.165, 1.54) is 12.3 Å². The number of hydrogen-bond acceptors (Lipinski definition) is 3. The largest absolute Gasteiger partial charge is 0.356 e. The fourth-order valence-electron chi connectivity index (χ4n) is 1.74. The van der Waals surface area contributed by atoms with Crippen LogP contribution < -0.4 is 5.32 Å². The Hall–Kier alpha value is -2.29. The quantitative estimate of drug-likeness (QED) is 0.825. The van der Waals surface area contributed by atoms with Crippen molar-refractivity contribution in [3.8, 4) is 6.07 Å². The molecule has 0 saturated carbocycles. The highest BCUT2D eigenvalue weighted by molar-refractivity contribution is 5.96. The minimum Gasteiger partial charge on any atom is -0.356 e. The Bertz CT molecular complexity index is 497. The molecule has 2 N–H and O–H groups in total. The van der Waals surface area contributed by atoms with Gasteiger partial charge in [0.25, 0.3) is 5.91 Å². The lowest BCUT2D eigenvalue weighted by molar-refractivity contribution is -0.132. The van der Waals surface area contributed by atoms with Crippen LogP contribution in [0.25, 0.3) is 0 Å². The van der Waals surface area contributed by atoms with Crippen LogP contribution in [0.2, 0.25) is 0 Å². The first-order valence-electron chi connectivity index (χ1n) is 6.21. The van der Waals surface area contributed by atoms with Crippen LogP contribution in [-0.4, -0.2) is 40.8 Å². The zero-order valence-corrected chi connectivity index (χ0v) is 11.4. The summed E-state index contributed by atoms with van der Waals surface area (Å²) in [5, 5.41) is 11.3. The van der Waals surface area contributed by atoms with E-state index in [1.54, 1.807) is 11.8 Å². The second-order valence-electron chi connectivity index (χ2n) is 4.12. The molecule has 1 atom stereocenters. The Labute approximate surface area is 112 Å². The van der Waals surface area contributed by atoms with Crippen molar-refractivity contribution < 1.29 is 9.59 Å². The minimum absolute atomic E-state index is 0.120. The monoisotopic (exact) mass is 262 g/mol. The van der Waals surface area contributed by atoms with Crippen molar-refractivity contribution >= 4 is 11.8 Å². The van der Waals surface area contributed by atoms with Crippen LogP contribution in [0.5, 0.6) is 0 Å². The molecule has 6 nitrogen and oxygen atoms in total. The van der Waals surface area contributed by atoms with Crippen LogP contribution in [0.4, 0.5) is 0 Å². The molecule has 0 fully saturated rings. The van der Waals surface area contributed by atoms with E-state index in [2.05, 4.69) is 10.3 Å². The summed E-state index contributed by atoms with van der Waals surface area (Å²) in [5.41, 5.74) is 0.656. The van der Waals surface area contributed by atoms with Gasteiger partial charge in [-0.2, -0.15) is 5.26 Å². The fourth-order valence-corrected chi connectivity index (χ4v) is 1.74. The summed E-state index contributed by atoms with van der Waals surface area (Å²) in [5.74, 6) is -0.514. The summed E-state index contributed by atoms with van der Waals surface area (Å²) >= 11 is 0. The van der Waals surface area contributed by atoms with Crippen molar-refractivity contribution in [3.63, 3.8) is 0 Å². The van der Waals surface area contributed by atoms with Gasteiger partial charge in [-0.05, 0) is 26.8 Å². The highest BCUT2D eigenvalue weighted by atomic mass is 16.2. The Morgan fingerprint density at radius 1 is 1.47 bits per heavy atom. The standard InChI is InChI=1S/C13H18N4O2/c1-4-17(5-2)13(19)9(3)16-12(18)11-6-10(7-14)8-15-11/h6,8-9,15H,4-5H2,1-3H3,(H,16,18). The molecule has 102 valence electrons. The average Bonchev–Trinajstić information content (AvgIpc) is 2.88. The molecule has 19 heavy (non-hydrogen) atoms. The maximum atomic E-state index is 12.0. The van der Waals surface area contributed by atoms with E-state index >= 15 is 0 Å². The molecular weight excluding hydrogens is 244 g/mol. The van der Waals surface area contributed by atoms with Crippen molar-refractivity contribution in [1.82, 2.24) is 15.2 Å². The van der Waals surface area contributed by atoms with Gasteiger partial charge in [-0.15, -0.1) is 0 Å². The first-order valence-corrected chi connectivity index (χ1v) is 6.21. The molecule has 0 aliphatic rings. The molecular formula is C13H18N4O2. The number of aromatic nitrogens is 1. The molecule has 0 aliphatic heterocycles. The average molecular weight is 262 g/mol. The summed E-state index contributed by atoms with van der Waals surface area (Å²) in [6.45, 7) is 6.64. The van der Waals surface area contributed by atoms with E-state index in [-0.39, 0.29) is 11.6 Å². The normalized spacial score (nSPS) is 11.5. The maximum Gasteiger partial charge on any atom is 0.268 e. The number of nitrogens with zero attached hydrogens (tertiary/aromatic N) is 2. The first kappa shape index (κ1) is 14.8. The van der Waals surface area contributed by atoms with Crippen LogP contribution in [-0.2, 0) is 4.79 Å². The Balaban J connectivity index is 2.66. The number of carbonyl (C=O) groups excluding carboxylic acids is 2. The van der Waals surface area contributed by atoms with E-state index in [9.17, 15) is 9.59 Å². The second kappa shape index (κ2) is 6.59. The third kappa shape index (κ3) is 3.58. The summed E-state index contributed by atoms with van der Waals surface area (Å²) < 4.78 is 0. The van der Waals surface area contributed by atoms with E-state index in [0.717, 1.165) is 0 Å². The zero-order chi connectivity index (χ0) is 14.4. The van der Waals surface area contributed by atoms with Crippen LogP contribution in [0, 0.1) is 11.3 Å². The minimum atomic E-state index is -0.596. The predicted octanol–water partition coefficient (Wildman–Crippen LogP) is 0.873. The molecule has 1 rings (SSSR count). The van der Waals surface area contributed by atoms with Crippen LogP contribution in [0.1, 0.15) is 36.8 Å². The molecule has 1 unspecified atom stereocenters. The van der Waals surface area contributed by atoms with Gasteiger partial charge in [0.15, 0.2) is 0 Å². The number of nitrogens with one attached hydrogen (secondary N) is 2. The molecule has 1 heterocycles. The lowest BCUT2D eigenvalue weighted by Crippen LogP contribution is -2.46. The highest BCUT2D eigenvalue weighted by Crippen LogP contribution is 2.03. The van der Waals surface area contributed by atoms with Crippen LogP contribution in [0.15, 0.2) is 12.3 Å². The number of nitriles is 1. The third-order valence-corrected chi connectivity index (χ3v) is 2.85. The molecule has 6 heteroatoms. The number of amides is 2. The third-order valence-electron chi connectivity index (χ3n) is 2.85. The zero-order valence-electron chi connectivity index (χ0n) is 11.4. The maximum absolute atomic E-state index is 12.0. The number of aromatic amines is 1. The van der Waals surface area contributed by atoms with Gasteiger partial charge in [0.05, 0.1) is 5.56 Å². The molecule has 0 aliphatic carbocycles. The summed E-state index contributed by atoms with van der Waals surface area (Å²) in [6, 6.07) is 2.78. The molecule has 2 amide bonds. The number of rotatable bonds is 5. The topological polar surface area (TPSA) is 89.0 Å². The molecule has 0 saturated heterocycles. The molecule has 0 radical (unpaired) electrons. The van der Waals surface area contributed by atoms with Crippen LogP contribution in [0.3, 0.4) is 0 Å². The van der Waals surface area contributed by atoms with Gasteiger partial charge in [-0.25, -0.2) is 0 Å². The number of hydrogen-bond donors (Lipinski definition) is 2. The van der Waals surface area contributed by atoms with Gasteiger partial charge in [0.1, 0.15) is 17.8 Å². The number of carbonyl (C=O) groups is 2. The van der Waals surface area contributed by atoms with Crippen molar-refractivity contribution in [3.05, 3.63) is 23.5 Å². The van der Waals surface area contributed by atoms with Gasteiger partial charge in [-0.1, -0.05) is 0 Å². The SMILES string of the molecule is CCN(CC)C(=O)C(C)NC(=O)c1cc(C#N)c[nH]1. The van der Waals surface area contributed by atoms with Crippen molar-refractivity contribution in [2.24, 2.45) is 0 Å². The second-order valence-corrected chi connectivity index (χ2v) is 4.12. The lowest BCUT2D eigenvalue weighted by atomic mass is 10.2. The predicted molar refractivity (Wildman–Crippen MR) is 70.4 cm³/mol.